The largest absolute Gasteiger partial charge is 0.382 e. The van der Waals surface area contributed by atoms with Gasteiger partial charge in [-0.05, 0) is 5.56 Å². The van der Waals surface area contributed by atoms with E-state index in [1.807, 2.05) is 17.8 Å². The van der Waals surface area contributed by atoms with E-state index in [9.17, 15) is 10.1 Å². The Morgan fingerprint density at radius 2 is 2.17 bits per heavy atom. The standard InChI is InChI=1S/C12H17N3O2S/c1-13-12-10(3-2-4-11(12)15(16)17)9-14-5-7-18-8-6-14/h2-4,13H,5-9H2,1H3. The van der Waals surface area contributed by atoms with Crippen LogP contribution in [0.25, 0.3) is 0 Å². The Morgan fingerprint density at radius 1 is 1.44 bits per heavy atom. The summed E-state index contributed by atoms with van der Waals surface area (Å²) in [5, 5.41) is 13.9. The number of anilines is 1. The summed E-state index contributed by atoms with van der Waals surface area (Å²) in [6.45, 7) is 2.88. The Hall–Kier alpha value is -1.27. The van der Waals surface area contributed by atoms with Gasteiger partial charge in [0.2, 0.25) is 0 Å². The van der Waals surface area contributed by atoms with Gasteiger partial charge in [0, 0.05) is 44.3 Å². The molecule has 1 heterocycles. The van der Waals surface area contributed by atoms with Crippen molar-refractivity contribution in [3.8, 4) is 0 Å². The molecule has 1 aromatic carbocycles. The summed E-state index contributed by atoms with van der Waals surface area (Å²) in [7, 11) is 1.73. The van der Waals surface area contributed by atoms with Crippen molar-refractivity contribution in [1.82, 2.24) is 4.90 Å². The number of hydrogen-bond acceptors (Lipinski definition) is 5. The molecule has 98 valence electrons. The summed E-state index contributed by atoms with van der Waals surface area (Å²) in [4.78, 5) is 13.0. The summed E-state index contributed by atoms with van der Waals surface area (Å²) in [6, 6.07) is 5.26. The van der Waals surface area contributed by atoms with Crippen LogP contribution in [0, 0.1) is 10.1 Å². The maximum Gasteiger partial charge on any atom is 0.292 e. The van der Waals surface area contributed by atoms with Gasteiger partial charge in [-0.1, -0.05) is 12.1 Å². The van der Waals surface area contributed by atoms with E-state index in [-0.39, 0.29) is 10.6 Å². The highest BCUT2D eigenvalue weighted by Gasteiger charge is 2.18. The summed E-state index contributed by atoms with van der Waals surface area (Å²) in [5.74, 6) is 2.29. The van der Waals surface area contributed by atoms with Gasteiger partial charge >= 0.3 is 0 Å². The maximum atomic E-state index is 11.0. The second-order valence-electron chi connectivity index (χ2n) is 4.21. The van der Waals surface area contributed by atoms with Gasteiger partial charge in [0.05, 0.1) is 4.92 Å². The Labute approximate surface area is 111 Å². The third kappa shape index (κ3) is 2.94. The highest BCUT2D eigenvalue weighted by molar-refractivity contribution is 7.99. The van der Waals surface area contributed by atoms with E-state index in [0.29, 0.717) is 5.69 Å². The second-order valence-corrected chi connectivity index (χ2v) is 5.43. The highest BCUT2D eigenvalue weighted by Crippen LogP contribution is 2.29. The Bertz CT molecular complexity index is 433. The van der Waals surface area contributed by atoms with E-state index in [1.54, 1.807) is 19.2 Å². The summed E-state index contributed by atoms with van der Waals surface area (Å²) in [6.07, 6.45) is 0. The molecule has 0 aromatic heterocycles. The third-order valence-corrected chi connectivity index (χ3v) is 4.02. The van der Waals surface area contributed by atoms with Crippen molar-refractivity contribution < 1.29 is 4.92 Å². The number of nitro groups is 1. The molecule has 0 saturated carbocycles. The van der Waals surface area contributed by atoms with Crippen LogP contribution in [0.1, 0.15) is 5.56 Å². The van der Waals surface area contributed by atoms with Crippen LogP contribution in [0.2, 0.25) is 0 Å². The van der Waals surface area contributed by atoms with Gasteiger partial charge in [0.15, 0.2) is 0 Å². The monoisotopic (exact) mass is 267 g/mol. The third-order valence-electron chi connectivity index (χ3n) is 3.07. The lowest BCUT2D eigenvalue weighted by molar-refractivity contribution is -0.384. The molecule has 0 aliphatic carbocycles. The van der Waals surface area contributed by atoms with Crippen LogP contribution in [-0.2, 0) is 6.54 Å². The average molecular weight is 267 g/mol. The molecule has 0 bridgehead atoms. The lowest BCUT2D eigenvalue weighted by Gasteiger charge is -2.26. The fourth-order valence-corrected chi connectivity index (χ4v) is 3.14. The van der Waals surface area contributed by atoms with Crippen LogP contribution in [-0.4, -0.2) is 41.5 Å². The van der Waals surface area contributed by atoms with Crippen molar-refractivity contribution >= 4 is 23.1 Å². The molecule has 1 fully saturated rings. The molecule has 1 aliphatic rings. The first kappa shape index (κ1) is 13.2. The van der Waals surface area contributed by atoms with Gasteiger partial charge in [-0.25, -0.2) is 0 Å². The van der Waals surface area contributed by atoms with Gasteiger partial charge in [-0.2, -0.15) is 11.8 Å². The molecule has 18 heavy (non-hydrogen) atoms. The average Bonchev–Trinajstić information content (AvgIpc) is 2.39. The SMILES string of the molecule is CNc1c(CN2CCSCC2)cccc1[N+](=O)[O-]. The molecule has 6 heteroatoms. The highest BCUT2D eigenvalue weighted by atomic mass is 32.2. The minimum atomic E-state index is -0.332. The molecule has 0 unspecified atom stereocenters. The number of nitrogens with one attached hydrogen (secondary N) is 1. The van der Waals surface area contributed by atoms with Crippen molar-refractivity contribution in [2.24, 2.45) is 0 Å². The van der Waals surface area contributed by atoms with Gasteiger partial charge in [-0.3, -0.25) is 15.0 Å². The number of nitro benzene ring substituents is 1. The predicted octanol–water partition coefficient (Wildman–Crippen LogP) is 2.19. The molecule has 1 saturated heterocycles. The number of hydrogen-bond donors (Lipinski definition) is 1. The molecule has 0 spiro atoms. The van der Waals surface area contributed by atoms with Crippen LogP contribution >= 0.6 is 11.8 Å². The molecule has 1 aliphatic heterocycles. The summed E-state index contributed by atoms with van der Waals surface area (Å²) < 4.78 is 0. The quantitative estimate of drug-likeness (QED) is 0.669. The topological polar surface area (TPSA) is 58.4 Å². The van der Waals surface area contributed by atoms with Crippen molar-refractivity contribution in [3.05, 3.63) is 33.9 Å². The van der Waals surface area contributed by atoms with E-state index in [2.05, 4.69) is 10.2 Å². The number of benzene rings is 1. The molecule has 0 amide bonds. The predicted molar refractivity (Wildman–Crippen MR) is 75.2 cm³/mol. The number of para-hydroxylation sites is 1. The molecule has 5 nitrogen and oxygen atoms in total. The molecule has 0 radical (unpaired) electrons. The van der Waals surface area contributed by atoms with Crippen LogP contribution in [0.5, 0.6) is 0 Å². The van der Waals surface area contributed by atoms with E-state index in [0.717, 1.165) is 36.7 Å². The molecular formula is C12H17N3O2S. The number of rotatable bonds is 4. The van der Waals surface area contributed by atoms with Crippen molar-refractivity contribution in [3.63, 3.8) is 0 Å². The number of nitrogens with zero attached hydrogens (tertiary/aromatic N) is 2. The molecule has 1 aromatic rings. The van der Waals surface area contributed by atoms with E-state index in [1.165, 1.54) is 0 Å². The first-order chi connectivity index (χ1) is 8.72. The zero-order valence-corrected chi connectivity index (χ0v) is 11.2. The van der Waals surface area contributed by atoms with Gasteiger partial charge in [-0.15, -0.1) is 0 Å². The minimum absolute atomic E-state index is 0.154. The molecule has 2 rings (SSSR count). The summed E-state index contributed by atoms with van der Waals surface area (Å²) in [5.41, 5.74) is 1.79. The Balaban J connectivity index is 2.20. The lowest BCUT2D eigenvalue weighted by Crippen LogP contribution is -2.32. The van der Waals surface area contributed by atoms with E-state index in [4.69, 9.17) is 0 Å². The van der Waals surface area contributed by atoms with E-state index < -0.39 is 0 Å². The fourth-order valence-electron chi connectivity index (χ4n) is 2.16. The second kappa shape index (κ2) is 6.06. The lowest BCUT2D eigenvalue weighted by atomic mass is 10.1. The Morgan fingerprint density at radius 3 is 2.78 bits per heavy atom. The Kier molecular flexibility index (Phi) is 4.43. The first-order valence-corrected chi connectivity index (χ1v) is 7.12. The van der Waals surface area contributed by atoms with Crippen molar-refractivity contribution in [1.29, 1.82) is 0 Å². The van der Waals surface area contributed by atoms with Crippen LogP contribution in [0.15, 0.2) is 18.2 Å². The minimum Gasteiger partial charge on any atom is -0.382 e. The zero-order valence-electron chi connectivity index (χ0n) is 10.4. The van der Waals surface area contributed by atoms with Crippen LogP contribution < -0.4 is 5.32 Å². The van der Waals surface area contributed by atoms with Crippen LogP contribution in [0.3, 0.4) is 0 Å². The first-order valence-electron chi connectivity index (χ1n) is 5.96. The van der Waals surface area contributed by atoms with Gasteiger partial charge in [0.25, 0.3) is 5.69 Å². The molecular weight excluding hydrogens is 250 g/mol. The van der Waals surface area contributed by atoms with Crippen molar-refractivity contribution in [2.45, 2.75) is 6.54 Å². The van der Waals surface area contributed by atoms with Crippen molar-refractivity contribution in [2.75, 3.05) is 37.0 Å². The maximum absolute atomic E-state index is 11.0. The van der Waals surface area contributed by atoms with Gasteiger partial charge in [0.1, 0.15) is 5.69 Å². The normalized spacial score (nSPS) is 16.5. The summed E-state index contributed by atoms with van der Waals surface area (Å²) >= 11 is 1.96. The van der Waals surface area contributed by atoms with Crippen LogP contribution in [0.4, 0.5) is 11.4 Å². The van der Waals surface area contributed by atoms with E-state index >= 15 is 0 Å². The molecule has 1 N–H and O–H groups in total. The molecule has 0 atom stereocenters. The smallest absolute Gasteiger partial charge is 0.292 e. The fraction of sp³-hybridized carbons (Fsp3) is 0.500. The zero-order chi connectivity index (χ0) is 13.0. The number of thioether (sulfide) groups is 1. The van der Waals surface area contributed by atoms with Gasteiger partial charge < -0.3 is 5.32 Å².